The van der Waals surface area contributed by atoms with E-state index in [-0.39, 0.29) is 11.8 Å². The van der Waals surface area contributed by atoms with Crippen LogP contribution in [0.5, 0.6) is 0 Å². The van der Waals surface area contributed by atoms with Gasteiger partial charge in [0.25, 0.3) is 0 Å². The van der Waals surface area contributed by atoms with E-state index in [1.54, 1.807) is 6.20 Å². The highest BCUT2D eigenvalue weighted by atomic mass is 16.1. The Hall–Kier alpha value is -1.45. The van der Waals surface area contributed by atoms with Gasteiger partial charge in [0, 0.05) is 18.5 Å². The van der Waals surface area contributed by atoms with E-state index in [9.17, 15) is 4.79 Å². The van der Waals surface area contributed by atoms with Gasteiger partial charge >= 0.3 is 0 Å². The molecule has 0 radical (unpaired) electrons. The fraction of sp³-hybridized carbons (Fsp3) is 0.500. The topological polar surface area (TPSA) is 68.9 Å². The van der Waals surface area contributed by atoms with Crippen LogP contribution in [0.15, 0.2) is 6.20 Å². The number of aromatic nitrogens is 2. The maximum Gasteiger partial charge on any atom is 0.218 e. The summed E-state index contributed by atoms with van der Waals surface area (Å²) in [5.74, 6) is -0.264. The summed E-state index contributed by atoms with van der Waals surface area (Å²) in [5.41, 5.74) is 7.74. The van der Waals surface area contributed by atoms with Gasteiger partial charge in [-0.15, -0.1) is 0 Å². The van der Waals surface area contributed by atoms with E-state index in [1.807, 2.05) is 20.8 Å². The molecule has 0 aliphatic rings. The molecule has 1 rings (SSSR count). The lowest BCUT2D eigenvalue weighted by Gasteiger charge is -2.10. The molecule has 2 N–H and O–H groups in total. The van der Waals surface area contributed by atoms with E-state index >= 15 is 0 Å². The first-order valence-electron chi connectivity index (χ1n) is 4.59. The Bertz CT molecular complexity index is 349. The zero-order chi connectivity index (χ0) is 10.7. The summed E-state index contributed by atoms with van der Waals surface area (Å²) in [6, 6.07) is 0. The average molecular weight is 193 g/mol. The highest BCUT2D eigenvalue weighted by Crippen LogP contribution is 2.18. The van der Waals surface area contributed by atoms with Crippen molar-refractivity contribution in [3.8, 4) is 0 Å². The number of aryl methyl sites for hydroxylation is 2. The Kier molecular flexibility index (Phi) is 3.17. The molecule has 14 heavy (non-hydrogen) atoms. The third-order valence-electron chi connectivity index (χ3n) is 2.08. The fourth-order valence-corrected chi connectivity index (χ4v) is 1.49. The lowest BCUT2D eigenvalue weighted by atomic mass is 10.0. The zero-order valence-electron chi connectivity index (χ0n) is 8.74. The van der Waals surface area contributed by atoms with Crippen LogP contribution >= 0.6 is 0 Å². The Labute approximate surface area is 83.6 Å². The molecule has 1 heterocycles. The van der Waals surface area contributed by atoms with Crippen LogP contribution in [0.3, 0.4) is 0 Å². The van der Waals surface area contributed by atoms with Crippen molar-refractivity contribution in [2.75, 3.05) is 0 Å². The second-order valence-corrected chi connectivity index (χ2v) is 3.55. The molecule has 1 unspecified atom stereocenters. The molecule has 0 spiro atoms. The Morgan fingerprint density at radius 1 is 1.57 bits per heavy atom. The van der Waals surface area contributed by atoms with Gasteiger partial charge in [-0.25, -0.2) is 0 Å². The minimum absolute atomic E-state index is 0.0422. The van der Waals surface area contributed by atoms with Crippen molar-refractivity contribution in [1.29, 1.82) is 0 Å². The average Bonchev–Trinajstić information content (AvgIpc) is 2.01. The van der Waals surface area contributed by atoms with Crippen molar-refractivity contribution >= 4 is 5.91 Å². The SMILES string of the molecule is Cc1cnc(C(C)CC(N)=O)c(C)n1. The smallest absolute Gasteiger partial charge is 0.218 e. The Morgan fingerprint density at radius 2 is 2.21 bits per heavy atom. The Balaban J connectivity index is 2.90. The summed E-state index contributed by atoms with van der Waals surface area (Å²) in [5, 5.41) is 0. The van der Waals surface area contributed by atoms with Crippen LogP contribution in [-0.2, 0) is 4.79 Å². The number of carbonyl (C=O) groups excluding carboxylic acids is 1. The van der Waals surface area contributed by atoms with Crippen molar-refractivity contribution in [1.82, 2.24) is 9.97 Å². The number of hydrogen-bond acceptors (Lipinski definition) is 3. The molecule has 0 aliphatic carbocycles. The number of nitrogens with zero attached hydrogens (tertiary/aromatic N) is 2. The monoisotopic (exact) mass is 193 g/mol. The minimum atomic E-state index is -0.306. The molecule has 0 aliphatic heterocycles. The fourth-order valence-electron chi connectivity index (χ4n) is 1.49. The number of nitrogens with two attached hydrogens (primary N) is 1. The Morgan fingerprint density at radius 3 is 2.71 bits per heavy atom. The molecule has 1 aromatic heterocycles. The van der Waals surface area contributed by atoms with Gasteiger partial charge in [0.1, 0.15) is 0 Å². The first kappa shape index (κ1) is 10.6. The number of rotatable bonds is 3. The van der Waals surface area contributed by atoms with Gasteiger partial charge in [-0.2, -0.15) is 0 Å². The molecule has 0 saturated carbocycles. The third kappa shape index (κ3) is 2.52. The number of amides is 1. The predicted molar refractivity (Wildman–Crippen MR) is 53.7 cm³/mol. The van der Waals surface area contributed by atoms with Crippen molar-refractivity contribution in [2.24, 2.45) is 5.73 Å². The van der Waals surface area contributed by atoms with Crippen molar-refractivity contribution < 1.29 is 4.79 Å². The summed E-state index contributed by atoms with van der Waals surface area (Å²) in [7, 11) is 0. The second-order valence-electron chi connectivity index (χ2n) is 3.55. The number of hydrogen-bond donors (Lipinski definition) is 1. The molecule has 0 saturated heterocycles. The molecule has 4 heteroatoms. The molecule has 4 nitrogen and oxygen atoms in total. The molecule has 0 bridgehead atoms. The third-order valence-corrected chi connectivity index (χ3v) is 2.08. The maximum absolute atomic E-state index is 10.7. The summed E-state index contributed by atoms with van der Waals surface area (Å²) in [6.07, 6.45) is 2.03. The van der Waals surface area contributed by atoms with E-state index in [2.05, 4.69) is 9.97 Å². The molecule has 1 atom stereocenters. The van der Waals surface area contributed by atoms with E-state index < -0.39 is 0 Å². The normalized spacial score (nSPS) is 12.5. The van der Waals surface area contributed by atoms with E-state index in [0.29, 0.717) is 6.42 Å². The largest absolute Gasteiger partial charge is 0.370 e. The predicted octanol–water partition coefficient (Wildman–Crippen LogP) is 1.07. The summed E-state index contributed by atoms with van der Waals surface area (Å²) < 4.78 is 0. The van der Waals surface area contributed by atoms with Gasteiger partial charge in [-0.1, -0.05) is 6.92 Å². The van der Waals surface area contributed by atoms with Gasteiger partial charge in [0.2, 0.25) is 5.91 Å². The van der Waals surface area contributed by atoms with Gasteiger partial charge in [-0.05, 0) is 13.8 Å². The van der Waals surface area contributed by atoms with E-state index in [1.165, 1.54) is 0 Å². The van der Waals surface area contributed by atoms with Crippen molar-refractivity contribution in [3.05, 3.63) is 23.3 Å². The van der Waals surface area contributed by atoms with Crippen molar-refractivity contribution in [3.63, 3.8) is 0 Å². The van der Waals surface area contributed by atoms with Gasteiger partial charge in [-0.3, -0.25) is 14.8 Å². The van der Waals surface area contributed by atoms with Crippen LogP contribution in [0.25, 0.3) is 0 Å². The van der Waals surface area contributed by atoms with Crippen LogP contribution in [0.4, 0.5) is 0 Å². The van der Waals surface area contributed by atoms with Gasteiger partial charge in [0.05, 0.1) is 17.1 Å². The summed E-state index contributed by atoms with van der Waals surface area (Å²) in [4.78, 5) is 19.3. The van der Waals surface area contributed by atoms with Crippen LogP contribution in [0.1, 0.15) is 36.3 Å². The maximum atomic E-state index is 10.7. The van der Waals surface area contributed by atoms with E-state index in [4.69, 9.17) is 5.73 Å². The highest BCUT2D eigenvalue weighted by Gasteiger charge is 2.13. The summed E-state index contributed by atoms with van der Waals surface area (Å²) >= 11 is 0. The molecule has 0 fully saturated rings. The highest BCUT2D eigenvalue weighted by molar-refractivity contribution is 5.74. The van der Waals surface area contributed by atoms with Gasteiger partial charge in [0.15, 0.2) is 0 Å². The first-order chi connectivity index (χ1) is 6.50. The van der Waals surface area contributed by atoms with Crippen molar-refractivity contribution in [2.45, 2.75) is 33.1 Å². The van der Waals surface area contributed by atoms with Crippen LogP contribution in [-0.4, -0.2) is 15.9 Å². The van der Waals surface area contributed by atoms with Crippen LogP contribution in [0.2, 0.25) is 0 Å². The quantitative estimate of drug-likeness (QED) is 0.780. The molecular weight excluding hydrogens is 178 g/mol. The molecule has 0 aromatic carbocycles. The molecule has 76 valence electrons. The number of primary amides is 1. The van der Waals surface area contributed by atoms with E-state index in [0.717, 1.165) is 17.1 Å². The second kappa shape index (κ2) is 4.17. The van der Waals surface area contributed by atoms with Crippen LogP contribution in [0, 0.1) is 13.8 Å². The lowest BCUT2D eigenvalue weighted by molar-refractivity contribution is -0.118. The molecule has 1 amide bonds. The molecule has 1 aromatic rings. The lowest BCUT2D eigenvalue weighted by Crippen LogP contribution is -2.15. The summed E-state index contributed by atoms with van der Waals surface area (Å²) in [6.45, 7) is 5.71. The standard InChI is InChI=1S/C10H15N3O/c1-6(4-9(11)14)10-8(3)13-7(2)5-12-10/h5-6H,4H2,1-3H3,(H2,11,14). The zero-order valence-corrected chi connectivity index (χ0v) is 8.74. The molecular formula is C10H15N3O. The van der Waals surface area contributed by atoms with Gasteiger partial charge < -0.3 is 5.73 Å². The minimum Gasteiger partial charge on any atom is -0.370 e. The van der Waals surface area contributed by atoms with Crippen LogP contribution < -0.4 is 5.73 Å². The number of carbonyl (C=O) groups is 1. The first-order valence-corrected chi connectivity index (χ1v) is 4.59.